The van der Waals surface area contributed by atoms with E-state index in [4.69, 9.17) is 19.9 Å². The van der Waals surface area contributed by atoms with Crippen molar-refractivity contribution >= 4 is 53.5 Å². The molecule has 16 heteroatoms. The molecule has 0 radical (unpaired) electrons. The molecule has 3 atom stereocenters. The largest absolute Gasteiger partial charge is 0.444 e. The highest BCUT2D eigenvalue weighted by Crippen LogP contribution is 2.48. The van der Waals surface area contributed by atoms with Gasteiger partial charge in [0.25, 0.3) is 0 Å². The number of alkyl carbamates (subject to hydrolysis) is 2. The predicted octanol–water partition coefficient (Wildman–Crippen LogP) is 7.44. The number of carbonyl (C=O) groups is 6. The first kappa shape index (κ1) is 50.7. The van der Waals surface area contributed by atoms with Crippen LogP contribution in [-0.2, 0) is 35.0 Å². The lowest BCUT2D eigenvalue weighted by Crippen LogP contribution is -2.57. The van der Waals surface area contributed by atoms with Gasteiger partial charge in [-0.25, -0.2) is 14.4 Å². The van der Waals surface area contributed by atoms with Crippen LogP contribution in [0.2, 0.25) is 0 Å². The van der Waals surface area contributed by atoms with Gasteiger partial charge in [-0.2, -0.15) is 0 Å². The maximum absolute atomic E-state index is 14.1. The van der Waals surface area contributed by atoms with Crippen LogP contribution in [0.15, 0.2) is 146 Å². The summed E-state index contributed by atoms with van der Waals surface area (Å²) in [7, 11) is 0. The number of carbonyl (C=O) groups excluding carboxylic acids is 6. The van der Waals surface area contributed by atoms with Crippen molar-refractivity contribution in [3.63, 3.8) is 0 Å². The molecule has 352 valence electrons. The molecule has 5 aromatic carbocycles. The quantitative estimate of drug-likeness (QED) is 0.0478. The highest BCUT2D eigenvalue weighted by molar-refractivity contribution is 8.00. The maximum atomic E-state index is 14.1. The molecule has 0 fully saturated rings. The Kier molecular flexibility index (Phi) is 17.6. The lowest BCUT2D eigenvalue weighted by Gasteiger charge is -2.36. The molecule has 0 aliphatic heterocycles. The van der Waals surface area contributed by atoms with E-state index < -0.39 is 76.6 Å². The summed E-state index contributed by atoms with van der Waals surface area (Å²) in [4.78, 5) is 79.5. The van der Waals surface area contributed by atoms with Crippen LogP contribution in [0.3, 0.4) is 0 Å². The number of amides is 6. The minimum atomic E-state index is -1.48. The third-order valence-corrected chi connectivity index (χ3v) is 11.4. The average molecular weight is 931 g/mol. The van der Waals surface area contributed by atoms with E-state index in [1.54, 1.807) is 84.0 Å². The lowest BCUT2D eigenvalue weighted by atomic mass is 9.84. The summed E-state index contributed by atoms with van der Waals surface area (Å²) in [6, 6.07) is 40.5. The van der Waals surface area contributed by atoms with Gasteiger partial charge in [0.1, 0.15) is 35.1 Å². The first-order chi connectivity index (χ1) is 31.8. The van der Waals surface area contributed by atoms with Gasteiger partial charge >= 0.3 is 18.3 Å². The predicted molar refractivity (Wildman–Crippen MR) is 258 cm³/mol. The second kappa shape index (κ2) is 23.2. The highest BCUT2D eigenvalue weighted by Gasteiger charge is 2.39. The Morgan fingerprint density at radius 2 is 1.00 bits per heavy atom. The van der Waals surface area contributed by atoms with E-state index in [-0.39, 0.29) is 17.9 Å². The van der Waals surface area contributed by atoms with Crippen LogP contribution < -0.4 is 37.1 Å². The van der Waals surface area contributed by atoms with Crippen molar-refractivity contribution in [3.8, 4) is 5.75 Å². The monoisotopic (exact) mass is 930 g/mol. The van der Waals surface area contributed by atoms with E-state index in [2.05, 4.69) is 26.6 Å². The highest BCUT2D eigenvalue weighted by atomic mass is 32.2. The smallest absolute Gasteiger partial charge is 0.413 e. The number of thioether (sulfide) groups is 1. The normalized spacial score (nSPS) is 12.8. The number of para-hydroxylation sites is 1. The first-order valence-corrected chi connectivity index (χ1v) is 22.6. The van der Waals surface area contributed by atoms with E-state index in [9.17, 15) is 28.8 Å². The Morgan fingerprint density at radius 1 is 0.537 bits per heavy atom. The Morgan fingerprint density at radius 3 is 1.48 bits per heavy atom. The van der Waals surface area contributed by atoms with Gasteiger partial charge in [-0.05, 0) is 88.1 Å². The third kappa shape index (κ3) is 15.7. The zero-order valence-corrected chi connectivity index (χ0v) is 39.2. The lowest BCUT2D eigenvalue weighted by molar-refractivity contribution is -0.128. The molecule has 15 nitrogen and oxygen atoms in total. The molecular formula is C51H58N6O9S. The number of rotatable bonds is 18. The van der Waals surface area contributed by atoms with E-state index >= 15 is 0 Å². The molecule has 0 aliphatic carbocycles. The van der Waals surface area contributed by atoms with Crippen LogP contribution in [0.4, 0.5) is 20.1 Å². The van der Waals surface area contributed by atoms with E-state index in [0.717, 1.165) is 16.7 Å². The minimum absolute atomic E-state index is 0.00479. The number of hydrogen-bond acceptors (Lipinski definition) is 10. The van der Waals surface area contributed by atoms with Gasteiger partial charge in [-0.15, -0.1) is 11.8 Å². The summed E-state index contributed by atoms with van der Waals surface area (Å²) in [5, 5.41) is 13.1. The molecule has 0 aliphatic rings. The van der Waals surface area contributed by atoms with Crippen molar-refractivity contribution in [2.45, 2.75) is 82.0 Å². The molecule has 67 heavy (non-hydrogen) atoms. The van der Waals surface area contributed by atoms with Crippen LogP contribution in [-0.4, -0.2) is 77.6 Å². The number of ether oxygens (including phenoxy) is 3. The fourth-order valence-electron chi connectivity index (χ4n) is 6.77. The molecule has 5 rings (SSSR count). The average Bonchev–Trinajstić information content (AvgIpc) is 3.28. The number of anilines is 1. The van der Waals surface area contributed by atoms with Gasteiger partial charge < -0.3 is 46.5 Å². The van der Waals surface area contributed by atoms with Gasteiger partial charge in [0.2, 0.25) is 17.7 Å². The summed E-state index contributed by atoms with van der Waals surface area (Å²) in [6.07, 6.45) is -2.65. The number of hydrogen-bond donors (Lipinski definition) is 6. The molecule has 6 amide bonds. The number of nitrogens with one attached hydrogen (secondary N) is 5. The van der Waals surface area contributed by atoms with E-state index in [0.29, 0.717) is 11.3 Å². The SMILES string of the molecule is CC(C)(C)OC(=O)NCC(NC(=O)Oc1ccc(CC(NC(=O)OC(C)(C)C)C(=O)Nc2ccccc2)cc1)C(=O)NC(CSC(c1ccccc1)(c1ccccc1)c1ccccc1)C(N)=O. The Labute approximate surface area is 395 Å². The third-order valence-electron chi connectivity index (χ3n) is 9.75. The molecule has 0 heterocycles. The zero-order valence-electron chi connectivity index (χ0n) is 38.4. The first-order valence-electron chi connectivity index (χ1n) is 21.6. The van der Waals surface area contributed by atoms with Crippen LogP contribution in [0.5, 0.6) is 5.75 Å². The Hall–Kier alpha value is -7.33. The van der Waals surface area contributed by atoms with Crippen molar-refractivity contribution in [2.75, 3.05) is 17.6 Å². The summed E-state index contributed by atoms with van der Waals surface area (Å²) in [5.74, 6) is -2.08. The molecule has 0 aromatic heterocycles. The number of benzene rings is 5. The van der Waals surface area contributed by atoms with Gasteiger partial charge in [-0.1, -0.05) is 121 Å². The van der Waals surface area contributed by atoms with Crippen LogP contribution in [0.25, 0.3) is 0 Å². The molecule has 7 N–H and O–H groups in total. The van der Waals surface area contributed by atoms with Gasteiger partial charge in [-0.3, -0.25) is 14.4 Å². The minimum Gasteiger partial charge on any atom is -0.444 e. The van der Waals surface area contributed by atoms with Crippen molar-refractivity contribution in [3.05, 3.63) is 168 Å². The van der Waals surface area contributed by atoms with Crippen molar-refractivity contribution in [1.29, 1.82) is 0 Å². The summed E-state index contributed by atoms with van der Waals surface area (Å²) in [5.41, 5.74) is 8.19. The summed E-state index contributed by atoms with van der Waals surface area (Å²) < 4.78 is 15.5. The molecule has 0 bridgehead atoms. The topological polar surface area (TPSA) is 216 Å². The zero-order chi connectivity index (χ0) is 48.6. The molecule has 0 spiro atoms. The second-order valence-electron chi connectivity index (χ2n) is 17.4. The molecule has 5 aromatic rings. The van der Waals surface area contributed by atoms with Crippen LogP contribution >= 0.6 is 11.8 Å². The maximum Gasteiger partial charge on any atom is 0.413 e. The van der Waals surface area contributed by atoms with E-state index in [1.807, 2.05) is 91.0 Å². The fourth-order valence-corrected chi connectivity index (χ4v) is 8.34. The fraction of sp³-hybridized carbons (Fsp3) is 0.294. The van der Waals surface area contributed by atoms with Crippen LogP contribution in [0, 0.1) is 0 Å². The summed E-state index contributed by atoms with van der Waals surface area (Å²) in [6.45, 7) is 9.69. The van der Waals surface area contributed by atoms with Gasteiger partial charge in [0, 0.05) is 17.9 Å². The summed E-state index contributed by atoms with van der Waals surface area (Å²) >= 11 is 1.40. The molecule has 3 unspecified atom stereocenters. The van der Waals surface area contributed by atoms with Crippen molar-refractivity contribution in [1.82, 2.24) is 21.3 Å². The van der Waals surface area contributed by atoms with E-state index in [1.165, 1.54) is 23.9 Å². The number of primary amides is 1. The molecular weight excluding hydrogens is 873 g/mol. The second-order valence-corrected chi connectivity index (χ2v) is 18.7. The van der Waals surface area contributed by atoms with Gasteiger partial charge in [0.15, 0.2) is 0 Å². The van der Waals surface area contributed by atoms with Gasteiger partial charge in [0.05, 0.1) is 11.3 Å². The molecule has 0 saturated carbocycles. The van der Waals surface area contributed by atoms with Crippen molar-refractivity contribution in [2.24, 2.45) is 5.73 Å². The van der Waals surface area contributed by atoms with Crippen LogP contribution in [0.1, 0.15) is 63.8 Å². The molecule has 0 saturated heterocycles. The standard InChI is InChI=1S/C51H58N6O9S/c1-49(2,3)65-46(61)53-32-41(45(60)55-42(43(52)58)33-67-51(35-19-11-7-12-20-35,36-21-13-8-14-22-36)37-23-15-9-16-24-37)57-47(62)64-39-29-27-34(28-30-39)31-40(56-48(63)66-50(4,5)6)44(59)54-38-25-17-10-18-26-38/h7-30,40-42H,31-33H2,1-6H3,(H2,52,58)(H,53,61)(H,54,59)(H,55,60)(H,56,63)(H,57,62). The Bertz CT molecular complexity index is 2330. The van der Waals surface area contributed by atoms with Crippen molar-refractivity contribution < 1.29 is 43.0 Å². The Balaban J connectivity index is 1.32. The number of nitrogens with two attached hydrogens (primary N) is 1.